The lowest BCUT2D eigenvalue weighted by molar-refractivity contribution is 0.101. The maximum Gasteiger partial charge on any atom is 0.161 e. The Hall–Kier alpha value is -1.42. The van der Waals surface area contributed by atoms with Gasteiger partial charge in [-0.15, -0.1) is 0 Å². The maximum atomic E-state index is 11.6. The second kappa shape index (κ2) is 5.06. The quantitative estimate of drug-likeness (QED) is 0.804. The van der Waals surface area contributed by atoms with E-state index in [1.54, 1.807) is 11.6 Å². The van der Waals surface area contributed by atoms with E-state index in [0.29, 0.717) is 11.5 Å². The first-order valence-corrected chi connectivity index (χ1v) is 6.64. The summed E-state index contributed by atoms with van der Waals surface area (Å²) >= 11 is 3.43. The summed E-state index contributed by atoms with van der Waals surface area (Å²) in [5.41, 5.74) is 2.50. The number of halogens is 1. The van der Waals surface area contributed by atoms with Gasteiger partial charge in [-0.2, -0.15) is 5.10 Å². The van der Waals surface area contributed by atoms with Crippen LogP contribution in [0.3, 0.4) is 0 Å². The molecule has 94 valence electrons. The van der Waals surface area contributed by atoms with Gasteiger partial charge in [0.2, 0.25) is 0 Å². The largest absolute Gasteiger partial charge is 0.294 e. The molecule has 0 N–H and O–H groups in total. The summed E-state index contributed by atoms with van der Waals surface area (Å²) in [6, 6.07) is 7.58. The van der Waals surface area contributed by atoms with E-state index < -0.39 is 0 Å². The molecule has 0 spiro atoms. The third-order valence-corrected chi connectivity index (χ3v) is 3.28. The molecule has 0 radical (unpaired) electrons. The smallest absolute Gasteiger partial charge is 0.161 e. The van der Waals surface area contributed by atoms with Crippen LogP contribution in [0.2, 0.25) is 0 Å². The first-order valence-electron chi connectivity index (χ1n) is 5.85. The van der Waals surface area contributed by atoms with Crippen LogP contribution in [-0.2, 0) is 0 Å². The Morgan fingerprint density at radius 2 is 2.06 bits per heavy atom. The molecule has 2 aromatic rings. The number of ketones is 1. The monoisotopic (exact) mass is 306 g/mol. The molecule has 0 aliphatic heterocycles. The molecule has 0 saturated heterocycles. The standard InChI is InChI=1S/C14H15BrN2O/c1-9(2)13-6-7-17(16-13)14-8-11(15)4-5-12(14)10(3)18/h4-9H,1-3H3. The predicted molar refractivity (Wildman–Crippen MR) is 75.4 cm³/mol. The Morgan fingerprint density at radius 1 is 1.33 bits per heavy atom. The fourth-order valence-electron chi connectivity index (χ4n) is 1.77. The minimum atomic E-state index is 0.0408. The van der Waals surface area contributed by atoms with Gasteiger partial charge in [0.15, 0.2) is 5.78 Å². The van der Waals surface area contributed by atoms with Gasteiger partial charge in [-0.25, -0.2) is 4.68 Å². The molecule has 3 nitrogen and oxygen atoms in total. The summed E-state index contributed by atoms with van der Waals surface area (Å²) in [6.07, 6.45) is 1.89. The van der Waals surface area contributed by atoms with Crippen LogP contribution in [0.1, 0.15) is 42.7 Å². The average Bonchev–Trinajstić information content (AvgIpc) is 2.77. The molecule has 0 fully saturated rings. The Balaban J connectivity index is 2.54. The lowest BCUT2D eigenvalue weighted by atomic mass is 10.1. The second-order valence-electron chi connectivity index (χ2n) is 4.56. The lowest BCUT2D eigenvalue weighted by Crippen LogP contribution is -2.04. The molecule has 0 amide bonds. The predicted octanol–water partition coefficient (Wildman–Crippen LogP) is 3.96. The maximum absolute atomic E-state index is 11.6. The summed E-state index contributed by atoms with van der Waals surface area (Å²) in [7, 11) is 0. The zero-order chi connectivity index (χ0) is 13.3. The molecule has 2 rings (SSSR count). The molecule has 0 bridgehead atoms. The van der Waals surface area contributed by atoms with Gasteiger partial charge >= 0.3 is 0 Å². The molecule has 18 heavy (non-hydrogen) atoms. The summed E-state index contributed by atoms with van der Waals surface area (Å²) < 4.78 is 2.70. The van der Waals surface area contributed by atoms with Crippen LogP contribution in [0, 0.1) is 0 Å². The molecular weight excluding hydrogens is 292 g/mol. The molecule has 0 aliphatic rings. The lowest BCUT2D eigenvalue weighted by Gasteiger charge is -2.08. The van der Waals surface area contributed by atoms with Crippen LogP contribution < -0.4 is 0 Å². The van der Waals surface area contributed by atoms with E-state index >= 15 is 0 Å². The van der Waals surface area contributed by atoms with Crippen LogP contribution in [-0.4, -0.2) is 15.6 Å². The Labute approximate surface area is 115 Å². The molecule has 0 unspecified atom stereocenters. The number of hydrogen-bond donors (Lipinski definition) is 0. The van der Waals surface area contributed by atoms with Crippen LogP contribution in [0.4, 0.5) is 0 Å². The minimum absolute atomic E-state index is 0.0408. The van der Waals surface area contributed by atoms with E-state index in [0.717, 1.165) is 15.9 Å². The first kappa shape index (κ1) is 13.0. The number of carbonyl (C=O) groups excluding carboxylic acids is 1. The highest BCUT2D eigenvalue weighted by molar-refractivity contribution is 9.10. The fourth-order valence-corrected chi connectivity index (χ4v) is 2.12. The summed E-state index contributed by atoms with van der Waals surface area (Å²) in [6.45, 7) is 5.76. The van der Waals surface area contributed by atoms with Crippen molar-refractivity contribution in [2.24, 2.45) is 0 Å². The van der Waals surface area contributed by atoms with Crippen molar-refractivity contribution in [1.82, 2.24) is 9.78 Å². The highest BCUT2D eigenvalue weighted by Crippen LogP contribution is 2.22. The van der Waals surface area contributed by atoms with Gasteiger partial charge < -0.3 is 0 Å². The van der Waals surface area contributed by atoms with Gasteiger partial charge in [-0.3, -0.25) is 4.79 Å². The van der Waals surface area contributed by atoms with Crippen molar-refractivity contribution in [2.45, 2.75) is 26.7 Å². The fraction of sp³-hybridized carbons (Fsp3) is 0.286. The van der Waals surface area contributed by atoms with Crippen LogP contribution in [0.5, 0.6) is 0 Å². The molecule has 0 atom stereocenters. The topological polar surface area (TPSA) is 34.9 Å². The molecule has 1 heterocycles. The number of rotatable bonds is 3. The third kappa shape index (κ3) is 2.53. The van der Waals surface area contributed by atoms with Crippen LogP contribution in [0.15, 0.2) is 34.9 Å². The van der Waals surface area contributed by atoms with Gasteiger partial charge in [-0.05, 0) is 37.1 Å². The number of Topliss-reactive ketones (excluding diaryl/α,β-unsaturated/α-hetero) is 1. The highest BCUT2D eigenvalue weighted by atomic mass is 79.9. The molecule has 0 aliphatic carbocycles. The van der Waals surface area contributed by atoms with E-state index in [4.69, 9.17) is 0 Å². The SMILES string of the molecule is CC(=O)c1ccc(Br)cc1-n1ccc(C(C)C)n1. The third-order valence-electron chi connectivity index (χ3n) is 2.79. The Bertz CT molecular complexity index is 587. The van der Waals surface area contributed by atoms with E-state index in [9.17, 15) is 4.79 Å². The highest BCUT2D eigenvalue weighted by Gasteiger charge is 2.11. The molecule has 1 aromatic carbocycles. The number of hydrogen-bond acceptors (Lipinski definition) is 2. The summed E-state index contributed by atoms with van der Waals surface area (Å²) in [5.74, 6) is 0.415. The van der Waals surface area contributed by atoms with Gasteiger partial charge in [0.05, 0.1) is 11.4 Å². The minimum Gasteiger partial charge on any atom is -0.294 e. The van der Waals surface area contributed by atoms with Crippen molar-refractivity contribution in [3.05, 3.63) is 46.2 Å². The van der Waals surface area contributed by atoms with Crippen LogP contribution in [0.25, 0.3) is 5.69 Å². The van der Waals surface area contributed by atoms with E-state index in [2.05, 4.69) is 34.9 Å². The van der Waals surface area contributed by atoms with Gasteiger partial charge in [0, 0.05) is 16.2 Å². The van der Waals surface area contributed by atoms with Crippen molar-refractivity contribution >= 4 is 21.7 Å². The number of carbonyl (C=O) groups is 1. The normalized spacial score (nSPS) is 10.9. The van der Waals surface area contributed by atoms with Gasteiger partial charge in [0.25, 0.3) is 0 Å². The number of aromatic nitrogens is 2. The van der Waals surface area contributed by atoms with E-state index in [1.165, 1.54) is 0 Å². The zero-order valence-electron chi connectivity index (χ0n) is 10.6. The number of benzene rings is 1. The summed E-state index contributed by atoms with van der Waals surface area (Å²) in [5, 5.41) is 4.51. The molecule has 1 aromatic heterocycles. The van der Waals surface area contributed by atoms with Gasteiger partial charge in [-0.1, -0.05) is 29.8 Å². The van der Waals surface area contributed by atoms with Crippen molar-refractivity contribution in [3.63, 3.8) is 0 Å². The molecule has 0 saturated carbocycles. The Morgan fingerprint density at radius 3 is 2.61 bits per heavy atom. The zero-order valence-corrected chi connectivity index (χ0v) is 12.2. The van der Waals surface area contributed by atoms with Gasteiger partial charge in [0.1, 0.15) is 0 Å². The van der Waals surface area contributed by atoms with Crippen molar-refractivity contribution in [1.29, 1.82) is 0 Å². The second-order valence-corrected chi connectivity index (χ2v) is 5.47. The Kier molecular flexibility index (Phi) is 3.66. The summed E-state index contributed by atoms with van der Waals surface area (Å²) in [4.78, 5) is 11.6. The van der Waals surface area contributed by atoms with Crippen molar-refractivity contribution < 1.29 is 4.79 Å². The van der Waals surface area contributed by atoms with Crippen molar-refractivity contribution in [2.75, 3.05) is 0 Å². The van der Waals surface area contributed by atoms with E-state index in [1.807, 2.05) is 30.5 Å². The molecular formula is C14H15BrN2O. The first-order chi connectivity index (χ1) is 8.49. The molecule has 4 heteroatoms. The number of nitrogens with zero attached hydrogens (tertiary/aromatic N) is 2. The van der Waals surface area contributed by atoms with E-state index in [-0.39, 0.29) is 5.78 Å². The van der Waals surface area contributed by atoms with Crippen molar-refractivity contribution in [3.8, 4) is 5.69 Å². The van der Waals surface area contributed by atoms with Crippen LogP contribution >= 0.6 is 15.9 Å². The average molecular weight is 307 g/mol.